The van der Waals surface area contributed by atoms with Crippen LogP contribution >= 0.6 is 0 Å². The van der Waals surface area contributed by atoms with Crippen LogP contribution in [0.5, 0.6) is 5.75 Å². The monoisotopic (exact) mass is 276 g/mol. The SMILES string of the molecule is COc1ccc(C)cc1C(C#N)Cc1cccc(C#N)c1. The summed E-state index contributed by atoms with van der Waals surface area (Å²) in [7, 11) is 1.61. The van der Waals surface area contributed by atoms with E-state index in [1.54, 1.807) is 13.2 Å². The predicted molar refractivity (Wildman–Crippen MR) is 80.9 cm³/mol. The van der Waals surface area contributed by atoms with E-state index in [2.05, 4.69) is 12.1 Å². The zero-order chi connectivity index (χ0) is 15.2. The summed E-state index contributed by atoms with van der Waals surface area (Å²) in [5.41, 5.74) is 3.57. The fourth-order valence-corrected chi connectivity index (χ4v) is 2.35. The molecule has 0 bridgehead atoms. The molecule has 0 saturated heterocycles. The number of nitriles is 2. The smallest absolute Gasteiger partial charge is 0.123 e. The molecule has 2 rings (SSSR count). The van der Waals surface area contributed by atoms with E-state index in [9.17, 15) is 5.26 Å². The van der Waals surface area contributed by atoms with Gasteiger partial charge in [-0.3, -0.25) is 0 Å². The number of hydrogen-bond donors (Lipinski definition) is 0. The van der Waals surface area contributed by atoms with Crippen LogP contribution < -0.4 is 4.74 Å². The minimum absolute atomic E-state index is 0.297. The van der Waals surface area contributed by atoms with E-state index in [0.717, 1.165) is 22.4 Å². The number of benzene rings is 2. The Morgan fingerprint density at radius 3 is 2.62 bits per heavy atom. The van der Waals surface area contributed by atoms with Crippen LogP contribution in [-0.4, -0.2) is 7.11 Å². The molecular formula is C18H16N2O. The van der Waals surface area contributed by atoms with Crippen LogP contribution in [-0.2, 0) is 6.42 Å². The van der Waals surface area contributed by atoms with E-state index in [-0.39, 0.29) is 5.92 Å². The molecule has 0 aromatic heterocycles. The Labute approximate surface area is 125 Å². The summed E-state index contributed by atoms with van der Waals surface area (Å²) >= 11 is 0. The van der Waals surface area contributed by atoms with E-state index in [0.29, 0.717) is 12.0 Å². The van der Waals surface area contributed by atoms with Crippen LogP contribution in [0, 0.1) is 29.6 Å². The van der Waals surface area contributed by atoms with Crippen LogP contribution in [0.25, 0.3) is 0 Å². The Morgan fingerprint density at radius 2 is 1.95 bits per heavy atom. The number of nitrogens with zero attached hydrogens (tertiary/aromatic N) is 2. The van der Waals surface area contributed by atoms with Crippen molar-refractivity contribution in [3.63, 3.8) is 0 Å². The Balaban J connectivity index is 2.35. The van der Waals surface area contributed by atoms with Gasteiger partial charge in [-0.05, 0) is 37.1 Å². The van der Waals surface area contributed by atoms with Crippen LogP contribution in [0.3, 0.4) is 0 Å². The van der Waals surface area contributed by atoms with Crippen molar-refractivity contribution in [2.75, 3.05) is 7.11 Å². The van der Waals surface area contributed by atoms with Crippen molar-refractivity contribution in [1.82, 2.24) is 0 Å². The summed E-state index contributed by atoms with van der Waals surface area (Å²) in [4.78, 5) is 0. The average molecular weight is 276 g/mol. The molecule has 0 aliphatic carbocycles. The normalized spacial score (nSPS) is 11.2. The highest BCUT2D eigenvalue weighted by Crippen LogP contribution is 2.30. The van der Waals surface area contributed by atoms with Gasteiger partial charge in [0.2, 0.25) is 0 Å². The second-order valence-corrected chi connectivity index (χ2v) is 4.94. The van der Waals surface area contributed by atoms with Gasteiger partial charge in [-0.15, -0.1) is 0 Å². The number of rotatable bonds is 4. The second-order valence-electron chi connectivity index (χ2n) is 4.94. The lowest BCUT2D eigenvalue weighted by Crippen LogP contribution is -2.04. The molecule has 0 amide bonds. The molecule has 21 heavy (non-hydrogen) atoms. The van der Waals surface area contributed by atoms with Gasteiger partial charge < -0.3 is 4.74 Å². The Kier molecular flexibility index (Phi) is 4.59. The van der Waals surface area contributed by atoms with Crippen molar-refractivity contribution < 1.29 is 4.74 Å². The van der Waals surface area contributed by atoms with Gasteiger partial charge in [0.25, 0.3) is 0 Å². The third-order valence-electron chi connectivity index (χ3n) is 3.41. The first-order valence-corrected chi connectivity index (χ1v) is 6.71. The van der Waals surface area contributed by atoms with E-state index in [1.807, 2.05) is 43.3 Å². The summed E-state index contributed by atoms with van der Waals surface area (Å²) in [5, 5.41) is 18.5. The number of methoxy groups -OCH3 is 1. The van der Waals surface area contributed by atoms with Crippen molar-refractivity contribution in [1.29, 1.82) is 10.5 Å². The fourth-order valence-electron chi connectivity index (χ4n) is 2.35. The number of ether oxygens (including phenoxy) is 1. The molecule has 0 fully saturated rings. The summed E-state index contributed by atoms with van der Waals surface area (Å²) in [5.74, 6) is 0.428. The highest BCUT2D eigenvalue weighted by atomic mass is 16.5. The molecule has 0 saturated carbocycles. The molecule has 0 radical (unpaired) electrons. The quantitative estimate of drug-likeness (QED) is 0.855. The lowest BCUT2D eigenvalue weighted by atomic mass is 9.91. The van der Waals surface area contributed by atoms with E-state index in [1.165, 1.54) is 0 Å². The van der Waals surface area contributed by atoms with Gasteiger partial charge >= 0.3 is 0 Å². The minimum atomic E-state index is -0.297. The largest absolute Gasteiger partial charge is 0.496 e. The zero-order valence-electron chi connectivity index (χ0n) is 12.1. The van der Waals surface area contributed by atoms with E-state index < -0.39 is 0 Å². The molecule has 1 atom stereocenters. The molecular weight excluding hydrogens is 260 g/mol. The first-order valence-electron chi connectivity index (χ1n) is 6.71. The maximum absolute atomic E-state index is 9.51. The predicted octanol–water partition coefficient (Wildman–Crippen LogP) is 3.73. The molecule has 0 aliphatic rings. The Bertz CT molecular complexity index is 723. The number of hydrogen-bond acceptors (Lipinski definition) is 3. The molecule has 3 heteroatoms. The van der Waals surface area contributed by atoms with E-state index in [4.69, 9.17) is 10.00 Å². The summed E-state index contributed by atoms with van der Waals surface area (Å²) in [6.45, 7) is 1.99. The van der Waals surface area contributed by atoms with Gasteiger partial charge in [0.1, 0.15) is 5.75 Å². The molecule has 2 aromatic carbocycles. The molecule has 0 heterocycles. The van der Waals surface area contributed by atoms with Crippen molar-refractivity contribution >= 4 is 0 Å². The van der Waals surface area contributed by atoms with Crippen molar-refractivity contribution in [3.05, 3.63) is 64.7 Å². The lowest BCUT2D eigenvalue weighted by Gasteiger charge is -2.14. The standard InChI is InChI=1S/C18H16N2O/c1-13-6-7-18(21-2)17(8-13)16(12-20)10-14-4-3-5-15(9-14)11-19/h3-9,16H,10H2,1-2H3. The maximum atomic E-state index is 9.51. The number of aryl methyl sites for hydroxylation is 1. The van der Waals surface area contributed by atoms with Gasteiger partial charge in [0, 0.05) is 5.56 Å². The molecule has 0 aliphatic heterocycles. The zero-order valence-corrected chi connectivity index (χ0v) is 12.1. The fraction of sp³-hybridized carbons (Fsp3) is 0.222. The molecule has 0 N–H and O–H groups in total. The molecule has 3 nitrogen and oxygen atoms in total. The summed E-state index contributed by atoms with van der Waals surface area (Å²) in [6.07, 6.45) is 0.561. The van der Waals surface area contributed by atoms with Crippen LogP contribution in [0.4, 0.5) is 0 Å². The van der Waals surface area contributed by atoms with Crippen molar-refractivity contribution in [2.45, 2.75) is 19.3 Å². The first-order chi connectivity index (χ1) is 10.2. The van der Waals surface area contributed by atoms with Crippen LogP contribution in [0.2, 0.25) is 0 Å². The van der Waals surface area contributed by atoms with Gasteiger partial charge in [-0.2, -0.15) is 10.5 Å². The van der Waals surface area contributed by atoms with Crippen molar-refractivity contribution in [3.8, 4) is 17.9 Å². The highest BCUT2D eigenvalue weighted by Gasteiger charge is 2.16. The highest BCUT2D eigenvalue weighted by molar-refractivity contribution is 5.43. The maximum Gasteiger partial charge on any atom is 0.123 e. The van der Waals surface area contributed by atoms with Gasteiger partial charge in [0.05, 0.1) is 30.7 Å². The molecule has 1 unspecified atom stereocenters. The van der Waals surface area contributed by atoms with Gasteiger partial charge in [0.15, 0.2) is 0 Å². The molecule has 104 valence electrons. The van der Waals surface area contributed by atoms with Crippen molar-refractivity contribution in [2.24, 2.45) is 0 Å². The summed E-state index contributed by atoms with van der Waals surface area (Å²) < 4.78 is 5.36. The van der Waals surface area contributed by atoms with Crippen LogP contribution in [0.15, 0.2) is 42.5 Å². The minimum Gasteiger partial charge on any atom is -0.496 e. The topological polar surface area (TPSA) is 56.8 Å². The van der Waals surface area contributed by atoms with E-state index >= 15 is 0 Å². The lowest BCUT2D eigenvalue weighted by molar-refractivity contribution is 0.408. The van der Waals surface area contributed by atoms with Crippen LogP contribution in [0.1, 0.15) is 28.2 Å². The Hall–Kier alpha value is -2.78. The second kappa shape index (κ2) is 6.59. The summed E-state index contributed by atoms with van der Waals surface area (Å²) in [6, 6.07) is 17.7. The molecule has 2 aromatic rings. The average Bonchev–Trinajstić information content (AvgIpc) is 2.52. The van der Waals surface area contributed by atoms with Gasteiger partial charge in [-0.1, -0.05) is 29.8 Å². The third-order valence-corrected chi connectivity index (χ3v) is 3.41. The first kappa shape index (κ1) is 14.6. The molecule has 0 spiro atoms. The van der Waals surface area contributed by atoms with Gasteiger partial charge in [-0.25, -0.2) is 0 Å². The third kappa shape index (κ3) is 3.41. The Morgan fingerprint density at radius 1 is 1.14 bits per heavy atom.